The first kappa shape index (κ1) is 12.2. The minimum atomic E-state index is -2.60. The Morgan fingerprint density at radius 2 is 1.67 bits per heavy atom. The first-order valence-corrected chi connectivity index (χ1v) is 3.78. The fourth-order valence-corrected chi connectivity index (χ4v) is 1.12. The second-order valence-corrected chi connectivity index (χ2v) is 2.71. The number of benzene rings is 1. The maximum atomic E-state index is 12.5. The average Bonchev–Trinajstić information content (AvgIpc) is 1.85. The van der Waals surface area contributed by atoms with Gasteiger partial charge in [-0.25, -0.2) is 13.0 Å². The van der Waals surface area contributed by atoms with Gasteiger partial charge < -0.3 is 4.55 Å². The molecule has 0 aliphatic rings. The van der Waals surface area contributed by atoms with Crippen molar-refractivity contribution in [2.24, 2.45) is 0 Å². The van der Waals surface area contributed by atoms with Gasteiger partial charge in [0.15, 0.2) is 11.1 Å². The van der Waals surface area contributed by atoms with Crippen LogP contribution in [-0.4, -0.2) is 38.3 Å². The minimum absolute atomic E-state index is 0. The van der Waals surface area contributed by atoms with E-state index in [4.69, 9.17) is 4.55 Å². The van der Waals surface area contributed by atoms with Crippen molar-refractivity contribution in [1.82, 2.24) is 0 Å². The summed E-state index contributed by atoms with van der Waals surface area (Å²) >= 11 is -2.60. The van der Waals surface area contributed by atoms with Gasteiger partial charge in [-0.1, -0.05) is 6.07 Å². The SMILES string of the molecule is O=S(O)c1c(F)cccc1F.[Na]. The van der Waals surface area contributed by atoms with Gasteiger partial charge in [-0.05, 0) is 12.1 Å². The zero-order valence-corrected chi connectivity index (χ0v) is 9.07. The molecule has 0 heterocycles. The molecule has 1 N–H and O–H groups in total. The smallest absolute Gasteiger partial charge is 0.192 e. The van der Waals surface area contributed by atoms with Crippen LogP contribution >= 0.6 is 0 Å². The van der Waals surface area contributed by atoms with Crippen molar-refractivity contribution >= 4 is 40.6 Å². The van der Waals surface area contributed by atoms with Crippen molar-refractivity contribution in [2.45, 2.75) is 4.90 Å². The summed E-state index contributed by atoms with van der Waals surface area (Å²) in [6.07, 6.45) is 0. The van der Waals surface area contributed by atoms with Gasteiger partial charge >= 0.3 is 0 Å². The molecule has 61 valence electrons. The van der Waals surface area contributed by atoms with Crippen LogP contribution in [0, 0.1) is 11.6 Å². The van der Waals surface area contributed by atoms with Gasteiger partial charge in [-0.2, -0.15) is 0 Å². The summed E-state index contributed by atoms with van der Waals surface area (Å²) in [4.78, 5) is -0.799. The van der Waals surface area contributed by atoms with Crippen LogP contribution in [0.3, 0.4) is 0 Å². The van der Waals surface area contributed by atoms with Gasteiger partial charge in [0.25, 0.3) is 0 Å². The van der Waals surface area contributed by atoms with Crippen LogP contribution in [0.1, 0.15) is 0 Å². The van der Waals surface area contributed by atoms with Crippen LogP contribution in [0.5, 0.6) is 0 Å². The van der Waals surface area contributed by atoms with Crippen molar-refractivity contribution < 1.29 is 17.5 Å². The van der Waals surface area contributed by atoms with Gasteiger partial charge in [-0.3, -0.25) is 0 Å². The number of rotatable bonds is 1. The Kier molecular flexibility index (Phi) is 5.12. The molecule has 6 heteroatoms. The second-order valence-electron chi connectivity index (χ2n) is 1.80. The van der Waals surface area contributed by atoms with Crippen LogP contribution in [0.4, 0.5) is 8.78 Å². The molecule has 1 aromatic carbocycles. The van der Waals surface area contributed by atoms with E-state index in [1.807, 2.05) is 0 Å². The molecule has 0 spiro atoms. The second kappa shape index (κ2) is 5.04. The Labute approximate surface area is 92.6 Å². The molecule has 0 aliphatic heterocycles. The molecule has 0 bridgehead atoms. The number of halogens is 2. The quantitative estimate of drug-likeness (QED) is 0.547. The van der Waals surface area contributed by atoms with E-state index in [1.165, 1.54) is 0 Å². The topological polar surface area (TPSA) is 37.3 Å². The van der Waals surface area contributed by atoms with E-state index in [2.05, 4.69) is 0 Å². The molecule has 0 saturated heterocycles. The Morgan fingerprint density at radius 3 is 1.92 bits per heavy atom. The molecule has 0 fully saturated rings. The van der Waals surface area contributed by atoms with Crippen LogP contribution in [0.2, 0.25) is 0 Å². The minimum Gasteiger partial charge on any atom is -0.302 e. The summed E-state index contributed by atoms with van der Waals surface area (Å²) in [5.74, 6) is -2.02. The molecular formula is C6H4F2NaO2S. The van der Waals surface area contributed by atoms with E-state index in [0.29, 0.717) is 0 Å². The van der Waals surface area contributed by atoms with Gasteiger partial charge in [0, 0.05) is 29.6 Å². The van der Waals surface area contributed by atoms with Crippen molar-refractivity contribution in [1.29, 1.82) is 0 Å². The predicted molar refractivity (Wildman–Crippen MR) is 41.1 cm³/mol. The summed E-state index contributed by atoms with van der Waals surface area (Å²) in [5, 5.41) is 0. The van der Waals surface area contributed by atoms with Gasteiger partial charge in [-0.15, -0.1) is 0 Å². The molecule has 1 rings (SSSR count). The van der Waals surface area contributed by atoms with E-state index in [9.17, 15) is 13.0 Å². The third-order valence-corrected chi connectivity index (χ3v) is 1.83. The zero-order valence-electron chi connectivity index (χ0n) is 6.25. The molecule has 0 aliphatic carbocycles. The predicted octanol–water partition coefficient (Wildman–Crippen LogP) is 1.16. The standard InChI is InChI=1S/C6H4F2O2S.Na/c7-4-2-1-3-5(8)6(4)11(9)10;/h1-3H,(H,9,10);. The summed E-state index contributed by atoms with van der Waals surface area (Å²) in [7, 11) is 0. The summed E-state index contributed by atoms with van der Waals surface area (Å²) in [6, 6.07) is 2.97. The molecular weight excluding hydrogens is 197 g/mol. The average molecular weight is 201 g/mol. The summed E-state index contributed by atoms with van der Waals surface area (Å²) in [6.45, 7) is 0. The molecule has 1 atom stereocenters. The van der Waals surface area contributed by atoms with Crippen molar-refractivity contribution in [3.63, 3.8) is 0 Å². The largest absolute Gasteiger partial charge is 0.302 e. The summed E-state index contributed by atoms with van der Waals surface area (Å²) in [5.41, 5.74) is 0. The molecule has 12 heavy (non-hydrogen) atoms. The fourth-order valence-electron chi connectivity index (χ4n) is 0.649. The molecule has 0 amide bonds. The third-order valence-electron chi connectivity index (χ3n) is 1.09. The van der Waals surface area contributed by atoms with E-state index in [-0.39, 0.29) is 29.6 Å². The maximum absolute atomic E-state index is 12.5. The zero-order chi connectivity index (χ0) is 8.43. The van der Waals surface area contributed by atoms with Gasteiger partial charge in [0.1, 0.15) is 16.5 Å². The van der Waals surface area contributed by atoms with E-state index >= 15 is 0 Å². The molecule has 1 aromatic rings. The third kappa shape index (κ3) is 2.60. The maximum Gasteiger partial charge on any atom is 0.192 e. The van der Waals surface area contributed by atoms with Crippen molar-refractivity contribution in [2.75, 3.05) is 0 Å². The van der Waals surface area contributed by atoms with Crippen LogP contribution in [0.25, 0.3) is 0 Å². The Morgan fingerprint density at radius 1 is 1.25 bits per heavy atom. The van der Waals surface area contributed by atoms with Crippen LogP contribution in [0.15, 0.2) is 23.1 Å². The normalized spacial score (nSPS) is 11.9. The van der Waals surface area contributed by atoms with Gasteiger partial charge in [0.2, 0.25) is 0 Å². The molecule has 1 unspecified atom stereocenters. The van der Waals surface area contributed by atoms with Gasteiger partial charge in [0.05, 0.1) is 0 Å². The van der Waals surface area contributed by atoms with Crippen molar-refractivity contribution in [3.8, 4) is 0 Å². The van der Waals surface area contributed by atoms with E-state index in [0.717, 1.165) is 18.2 Å². The molecule has 0 aromatic heterocycles. The summed E-state index contributed by atoms with van der Waals surface area (Å²) < 4.78 is 43.7. The molecule has 2 nitrogen and oxygen atoms in total. The van der Waals surface area contributed by atoms with Crippen LogP contribution in [-0.2, 0) is 11.1 Å². The Balaban J connectivity index is 0.00000121. The van der Waals surface area contributed by atoms with E-state index in [1.54, 1.807) is 0 Å². The Bertz CT molecular complexity index is 285. The number of hydrogen-bond acceptors (Lipinski definition) is 1. The van der Waals surface area contributed by atoms with E-state index < -0.39 is 27.6 Å². The monoisotopic (exact) mass is 201 g/mol. The van der Waals surface area contributed by atoms with Crippen LogP contribution < -0.4 is 0 Å². The Hall–Kier alpha value is 0.190. The van der Waals surface area contributed by atoms with Crippen molar-refractivity contribution in [3.05, 3.63) is 29.8 Å². The molecule has 1 radical (unpaired) electrons. The fraction of sp³-hybridized carbons (Fsp3) is 0. The first-order chi connectivity index (χ1) is 5.13. The number of hydrogen-bond donors (Lipinski definition) is 1. The first-order valence-electron chi connectivity index (χ1n) is 2.68. The molecule has 0 saturated carbocycles.